The monoisotopic (exact) mass is 323 g/mol. The highest BCUT2D eigenvalue weighted by atomic mass is 16.6. The molecule has 1 aromatic rings. The number of ether oxygens (including phenoxy) is 4. The van der Waals surface area contributed by atoms with Crippen molar-refractivity contribution in [3.05, 3.63) is 17.2 Å². The normalized spacial score (nSPS) is 13.4. The van der Waals surface area contributed by atoms with Crippen LogP contribution in [0.15, 0.2) is 6.07 Å². The van der Waals surface area contributed by atoms with Gasteiger partial charge in [-0.3, -0.25) is 0 Å². The van der Waals surface area contributed by atoms with Gasteiger partial charge in [0.15, 0.2) is 11.5 Å². The molecule has 1 heterocycles. The number of benzene rings is 1. The summed E-state index contributed by atoms with van der Waals surface area (Å²) in [6.07, 6.45) is 0.192. The van der Waals surface area contributed by atoms with Crippen LogP contribution < -0.4 is 19.5 Å². The summed E-state index contributed by atoms with van der Waals surface area (Å²) in [6, 6.07) is 1.84. The van der Waals surface area contributed by atoms with E-state index in [9.17, 15) is 4.79 Å². The summed E-state index contributed by atoms with van der Waals surface area (Å²) in [7, 11) is 1.62. The van der Waals surface area contributed by atoms with E-state index in [1.807, 2.05) is 33.8 Å². The molecule has 0 unspecified atom stereocenters. The van der Waals surface area contributed by atoms with Crippen LogP contribution >= 0.6 is 0 Å². The van der Waals surface area contributed by atoms with Crippen LogP contribution in [0, 0.1) is 6.92 Å². The Kier molecular flexibility index (Phi) is 5.23. The lowest BCUT2D eigenvalue weighted by Gasteiger charge is -2.24. The predicted molar refractivity (Wildman–Crippen MR) is 86.7 cm³/mol. The van der Waals surface area contributed by atoms with Gasteiger partial charge < -0.3 is 24.3 Å². The van der Waals surface area contributed by atoms with Gasteiger partial charge in [0, 0.05) is 23.7 Å². The second kappa shape index (κ2) is 6.98. The zero-order chi connectivity index (χ0) is 17.0. The van der Waals surface area contributed by atoms with Crippen molar-refractivity contribution >= 4 is 6.09 Å². The summed E-state index contributed by atoms with van der Waals surface area (Å²) in [6.45, 7) is 9.00. The topological polar surface area (TPSA) is 66.0 Å². The summed E-state index contributed by atoms with van der Waals surface area (Å²) >= 11 is 0. The molecule has 0 aromatic heterocycles. The van der Waals surface area contributed by atoms with Gasteiger partial charge in [-0.25, -0.2) is 4.79 Å². The Morgan fingerprint density at radius 1 is 1.30 bits per heavy atom. The first-order valence-electron chi connectivity index (χ1n) is 7.74. The highest BCUT2D eigenvalue weighted by Crippen LogP contribution is 2.40. The molecule has 0 bridgehead atoms. The molecular formula is C17H25NO5. The van der Waals surface area contributed by atoms with Crippen LogP contribution in [0.25, 0.3) is 0 Å². The molecule has 0 aliphatic carbocycles. The molecule has 2 rings (SSSR count). The van der Waals surface area contributed by atoms with Gasteiger partial charge in [0.1, 0.15) is 24.6 Å². The Labute approximate surface area is 137 Å². The number of carbonyl (C=O) groups is 1. The van der Waals surface area contributed by atoms with Crippen molar-refractivity contribution in [1.82, 2.24) is 5.32 Å². The molecule has 1 aromatic carbocycles. The summed E-state index contributed by atoms with van der Waals surface area (Å²) < 4.78 is 22.0. The van der Waals surface area contributed by atoms with E-state index in [0.717, 1.165) is 22.6 Å². The number of hydrogen-bond donors (Lipinski definition) is 1. The standard InChI is InChI=1S/C17H25NO5/c1-11-12(6-7-18-16(19)23-17(2,3)4)13(20-5)10-14-15(11)22-9-8-21-14/h10H,6-9H2,1-5H3,(H,18,19). The number of nitrogens with one attached hydrogen (secondary N) is 1. The minimum Gasteiger partial charge on any atom is -0.496 e. The lowest BCUT2D eigenvalue weighted by molar-refractivity contribution is 0.0528. The van der Waals surface area contributed by atoms with Crippen LogP contribution in [0.4, 0.5) is 4.79 Å². The number of alkyl carbamates (subject to hydrolysis) is 1. The maximum absolute atomic E-state index is 11.7. The largest absolute Gasteiger partial charge is 0.496 e. The van der Waals surface area contributed by atoms with Crippen molar-refractivity contribution in [2.75, 3.05) is 26.9 Å². The average molecular weight is 323 g/mol. The number of fused-ring (bicyclic) bond motifs is 1. The number of rotatable bonds is 4. The molecule has 6 heteroatoms. The average Bonchev–Trinajstić information content (AvgIpc) is 2.47. The maximum Gasteiger partial charge on any atom is 0.407 e. The number of methoxy groups -OCH3 is 1. The zero-order valence-electron chi connectivity index (χ0n) is 14.4. The Morgan fingerprint density at radius 2 is 2.00 bits per heavy atom. The van der Waals surface area contributed by atoms with Gasteiger partial charge >= 0.3 is 6.09 Å². The molecule has 1 aliphatic heterocycles. The third-order valence-electron chi connectivity index (χ3n) is 3.43. The van der Waals surface area contributed by atoms with E-state index in [0.29, 0.717) is 31.9 Å². The molecule has 128 valence electrons. The van der Waals surface area contributed by atoms with Crippen molar-refractivity contribution in [2.45, 2.75) is 39.7 Å². The van der Waals surface area contributed by atoms with E-state index >= 15 is 0 Å². The second-order valence-electron chi connectivity index (χ2n) is 6.39. The van der Waals surface area contributed by atoms with Crippen molar-refractivity contribution < 1.29 is 23.7 Å². The number of hydrogen-bond acceptors (Lipinski definition) is 5. The lowest BCUT2D eigenvalue weighted by atomic mass is 10.0. The van der Waals surface area contributed by atoms with Crippen LogP contribution in [0.3, 0.4) is 0 Å². The van der Waals surface area contributed by atoms with Crippen molar-refractivity contribution in [3.63, 3.8) is 0 Å². The fourth-order valence-corrected chi connectivity index (χ4v) is 2.46. The SMILES string of the molecule is COc1cc2c(c(C)c1CCNC(=O)OC(C)(C)C)OCCO2. The first-order valence-corrected chi connectivity index (χ1v) is 7.74. The van der Waals surface area contributed by atoms with Crippen molar-refractivity contribution in [2.24, 2.45) is 0 Å². The van der Waals surface area contributed by atoms with Crippen LogP contribution in [-0.4, -0.2) is 38.6 Å². The van der Waals surface area contributed by atoms with Crippen LogP contribution in [-0.2, 0) is 11.2 Å². The summed E-state index contributed by atoms with van der Waals surface area (Å²) in [5, 5.41) is 2.76. The minimum atomic E-state index is -0.505. The summed E-state index contributed by atoms with van der Waals surface area (Å²) in [5.41, 5.74) is 1.46. The molecule has 6 nitrogen and oxygen atoms in total. The molecule has 0 fully saturated rings. The molecule has 1 aliphatic rings. The first kappa shape index (κ1) is 17.2. The molecule has 0 radical (unpaired) electrons. The Hall–Kier alpha value is -2.11. The quantitative estimate of drug-likeness (QED) is 0.923. The maximum atomic E-state index is 11.7. The van der Waals surface area contributed by atoms with Gasteiger partial charge in [-0.15, -0.1) is 0 Å². The van der Waals surface area contributed by atoms with E-state index in [4.69, 9.17) is 18.9 Å². The molecule has 23 heavy (non-hydrogen) atoms. The highest BCUT2D eigenvalue weighted by Gasteiger charge is 2.21. The lowest BCUT2D eigenvalue weighted by Crippen LogP contribution is -2.33. The Bertz CT molecular complexity index is 577. The van der Waals surface area contributed by atoms with Gasteiger partial charge in [-0.05, 0) is 34.1 Å². The van der Waals surface area contributed by atoms with Gasteiger partial charge in [-0.2, -0.15) is 0 Å². The Balaban J connectivity index is 2.06. The molecule has 1 N–H and O–H groups in total. The minimum absolute atomic E-state index is 0.424. The van der Waals surface area contributed by atoms with Gasteiger partial charge in [-0.1, -0.05) is 0 Å². The number of carbonyl (C=O) groups excluding carboxylic acids is 1. The first-order chi connectivity index (χ1) is 10.8. The fraction of sp³-hybridized carbons (Fsp3) is 0.588. The molecule has 0 saturated carbocycles. The van der Waals surface area contributed by atoms with E-state index in [2.05, 4.69) is 5.32 Å². The van der Waals surface area contributed by atoms with Gasteiger partial charge in [0.05, 0.1) is 7.11 Å². The van der Waals surface area contributed by atoms with Gasteiger partial charge in [0.2, 0.25) is 0 Å². The van der Waals surface area contributed by atoms with E-state index < -0.39 is 11.7 Å². The molecule has 1 amide bonds. The van der Waals surface area contributed by atoms with Crippen LogP contribution in [0.5, 0.6) is 17.2 Å². The fourth-order valence-electron chi connectivity index (χ4n) is 2.46. The molecular weight excluding hydrogens is 298 g/mol. The third-order valence-corrected chi connectivity index (χ3v) is 3.43. The second-order valence-corrected chi connectivity index (χ2v) is 6.39. The third kappa shape index (κ3) is 4.43. The van der Waals surface area contributed by atoms with Crippen molar-refractivity contribution in [3.8, 4) is 17.2 Å². The highest BCUT2D eigenvalue weighted by molar-refractivity contribution is 5.67. The predicted octanol–water partition coefficient (Wildman–Crippen LogP) is 2.84. The summed E-state index contributed by atoms with van der Waals surface area (Å²) in [4.78, 5) is 11.7. The molecule has 0 saturated heterocycles. The molecule has 0 atom stereocenters. The summed E-state index contributed by atoms with van der Waals surface area (Å²) in [5.74, 6) is 2.19. The van der Waals surface area contributed by atoms with E-state index in [1.54, 1.807) is 7.11 Å². The van der Waals surface area contributed by atoms with E-state index in [1.165, 1.54) is 0 Å². The smallest absolute Gasteiger partial charge is 0.407 e. The van der Waals surface area contributed by atoms with Crippen molar-refractivity contribution in [1.29, 1.82) is 0 Å². The van der Waals surface area contributed by atoms with Gasteiger partial charge in [0.25, 0.3) is 0 Å². The zero-order valence-corrected chi connectivity index (χ0v) is 14.4. The van der Waals surface area contributed by atoms with Crippen LogP contribution in [0.1, 0.15) is 31.9 Å². The number of amides is 1. The Morgan fingerprint density at radius 3 is 2.65 bits per heavy atom. The van der Waals surface area contributed by atoms with E-state index in [-0.39, 0.29) is 0 Å². The van der Waals surface area contributed by atoms with Crippen LogP contribution in [0.2, 0.25) is 0 Å². The molecule has 0 spiro atoms.